The molecule has 0 aromatic heterocycles. The van der Waals surface area contributed by atoms with Crippen LogP contribution in [-0.4, -0.2) is 15.9 Å². The SMILES string of the molecule is Cc1ccc(OC2CC(Br)C23CCCCC3)c([N+](=O)[O-])c1. The highest BCUT2D eigenvalue weighted by atomic mass is 79.9. The topological polar surface area (TPSA) is 52.4 Å². The summed E-state index contributed by atoms with van der Waals surface area (Å²) in [5, 5.41) is 11.2. The lowest BCUT2D eigenvalue weighted by molar-refractivity contribution is -0.386. The highest BCUT2D eigenvalue weighted by Crippen LogP contribution is 2.56. The van der Waals surface area contributed by atoms with Crippen molar-refractivity contribution in [3.05, 3.63) is 33.9 Å². The molecule has 2 aliphatic carbocycles. The Balaban J connectivity index is 1.82. The summed E-state index contributed by atoms with van der Waals surface area (Å²) in [4.78, 5) is 11.3. The van der Waals surface area contributed by atoms with Gasteiger partial charge in [0.2, 0.25) is 0 Å². The predicted octanol–water partition coefficient (Wildman–Crippen LogP) is 4.77. The van der Waals surface area contributed by atoms with E-state index in [1.807, 2.05) is 13.0 Å². The Morgan fingerprint density at radius 2 is 2.05 bits per heavy atom. The van der Waals surface area contributed by atoms with Gasteiger partial charge < -0.3 is 4.74 Å². The summed E-state index contributed by atoms with van der Waals surface area (Å²) in [5.74, 6) is 0.417. The first kappa shape index (κ1) is 14.8. The first-order chi connectivity index (χ1) is 10.0. The van der Waals surface area contributed by atoms with Crippen LogP contribution in [0.2, 0.25) is 0 Å². The molecule has 114 valence electrons. The van der Waals surface area contributed by atoms with Crippen molar-refractivity contribution in [1.29, 1.82) is 0 Å². The highest BCUT2D eigenvalue weighted by Gasteiger charge is 2.55. The fourth-order valence-corrected chi connectivity index (χ4v) is 4.82. The van der Waals surface area contributed by atoms with Crippen LogP contribution in [0, 0.1) is 22.5 Å². The van der Waals surface area contributed by atoms with Gasteiger partial charge in [-0.1, -0.05) is 41.3 Å². The highest BCUT2D eigenvalue weighted by molar-refractivity contribution is 9.09. The summed E-state index contributed by atoms with van der Waals surface area (Å²) in [6.45, 7) is 1.86. The molecule has 0 bridgehead atoms. The minimum atomic E-state index is -0.347. The number of aryl methyl sites for hydroxylation is 1. The quantitative estimate of drug-likeness (QED) is 0.446. The van der Waals surface area contributed by atoms with Crippen LogP contribution in [0.5, 0.6) is 5.75 Å². The van der Waals surface area contributed by atoms with E-state index in [-0.39, 0.29) is 22.1 Å². The maximum absolute atomic E-state index is 11.2. The van der Waals surface area contributed by atoms with Gasteiger partial charge in [-0.25, -0.2) is 0 Å². The van der Waals surface area contributed by atoms with Crippen LogP contribution in [0.25, 0.3) is 0 Å². The zero-order chi connectivity index (χ0) is 15.0. The second-order valence-electron chi connectivity index (χ2n) is 6.33. The van der Waals surface area contributed by atoms with Gasteiger partial charge in [-0.2, -0.15) is 0 Å². The zero-order valence-corrected chi connectivity index (χ0v) is 13.8. The average molecular weight is 354 g/mol. The molecule has 4 nitrogen and oxygen atoms in total. The number of rotatable bonds is 3. The summed E-state index contributed by atoms with van der Waals surface area (Å²) in [7, 11) is 0. The molecule has 0 radical (unpaired) electrons. The fraction of sp³-hybridized carbons (Fsp3) is 0.625. The molecule has 0 heterocycles. The molecular weight excluding hydrogens is 334 g/mol. The van der Waals surface area contributed by atoms with E-state index in [1.54, 1.807) is 12.1 Å². The molecule has 0 aliphatic heterocycles. The van der Waals surface area contributed by atoms with Crippen LogP contribution in [0.4, 0.5) is 5.69 Å². The Kier molecular flexibility index (Phi) is 3.95. The monoisotopic (exact) mass is 353 g/mol. The Morgan fingerprint density at radius 1 is 1.33 bits per heavy atom. The molecule has 2 aliphatic rings. The van der Waals surface area contributed by atoms with Crippen molar-refractivity contribution in [2.45, 2.75) is 56.4 Å². The van der Waals surface area contributed by atoms with Gasteiger partial charge >= 0.3 is 5.69 Å². The summed E-state index contributed by atoms with van der Waals surface area (Å²) in [5.41, 5.74) is 1.14. The van der Waals surface area contributed by atoms with E-state index in [1.165, 1.54) is 19.3 Å². The minimum absolute atomic E-state index is 0.0824. The van der Waals surface area contributed by atoms with Crippen LogP contribution in [-0.2, 0) is 0 Å². The molecule has 0 amide bonds. The number of nitro benzene ring substituents is 1. The maximum atomic E-state index is 11.2. The second kappa shape index (κ2) is 5.59. The molecular formula is C16H20BrNO3. The number of nitrogens with zero attached hydrogens (tertiary/aromatic N) is 1. The van der Waals surface area contributed by atoms with Crippen molar-refractivity contribution in [3.8, 4) is 5.75 Å². The Labute approximate surface area is 133 Å². The largest absolute Gasteiger partial charge is 0.483 e. The maximum Gasteiger partial charge on any atom is 0.311 e. The molecule has 1 spiro atoms. The average Bonchev–Trinajstić information content (AvgIpc) is 2.49. The number of halogens is 1. The third kappa shape index (κ3) is 2.56. The van der Waals surface area contributed by atoms with Crippen molar-refractivity contribution in [1.82, 2.24) is 0 Å². The van der Waals surface area contributed by atoms with Crippen LogP contribution in [0.15, 0.2) is 18.2 Å². The molecule has 5 heteroatoms. The number of nitro groups is 1. The van der Waals surface area contributed by atoms with Crippen LogP contribution >= 0.6 is 15.9 Å². The van der Waals surface area contributed by atoms with Crippen molar-refractivity contribution in [2.24, 2.45) is 5.41 Å². The number of hydrogen-bond donors (Lipinski definition) is 0. The fourth-order valence-electron chi connectivity index (χ4n) is 3.73. The van der Waals surface area contributed by atoms with Crippen LogP contribution in [0.3, 0.4) is 0 Å². The van der Waals surface area contributed by atoms with Crippen LogP contribution < -0.4 is 4.74 Å². The molecule has 2 unspecified atom stereocenters. The molecule has 3 rings (SSSR count). The van der Waals surface area contributed by atoms with E-state index < -0.39 is 0 Å². The molecule has 1 aromatic carbocycles. The van der Waals surface area contributed by atoms with Gasteiger partial charge in [-0.15, -0.1) is 0 Å². The molecule has 1 aromatic rings. The predicted molar refractivity (Wildman–Crippen MR) is 85.1 cm³/mol. The summed E-state index contributed by atoms with van der Waals surface area (Å²) in [6, 6.07) is 5.21. The van der Waals surface area contributed by atoms with Crippen molar-refractivity contribution >= 4 is 21.6 Å². The van der Waals surface area contributed by atoms with Gasteiger partial charge in [-0.3, -0.25) is 10.1 Å². The van der Waals surface area contributed by atoms with Gasteiger partial charge in [0.1, 0.15) is 6.10 Å². The lowest BCUT2D eigenvalue weighted by atomic mass is 9.58. The third-order valence-corrected chi connectivity index (χ3v) is 6.34. The van der Waals surface area contributed by atoms with Crippen molar-refractivity contribution in [2.75, 3.05) is 0 Å². The summed E-state index contributed by atoms with van der Waals surface area (Å²) >= 11 is 3.78. The van der Waals surface area contributed by atoms with E-state index in [0.717, 1.165) is 24.8 Å². The van der Waals surface area contributed by atoms with E-state index in [9.17, 15) is 10.1 Å². The van der Waals surface area contributed by atoms with Crippen LogP contribution in [0.1, 0.15) is 44.1 Å². The van der Waals surface area contributed by atoms with Gasteiger partial charge in [0, 0.05) is 16.3 Å². The standard InChI is InChI=1S/C16H20BrNO3/c1-11-5-6-13(12(9-11)18(19)20)21-15-10-14(17)16(15)7-3-2-4-8-16/h5-6,9,14-15H,2-4,7-8,10H2,1H3. The molecule has 2 saturated carbocycles. The van der Waals surface area contributed by atoms with E-state index >= 15 is 0 Å². The smallest absolute Gasteiger partial charge is 0.311 e. The number of alkyl halides is 1. The van der Waals surface area contributed by atoms with Crippen molar-refractivity contribution in [3.63, 3.8) is 0 Å². The first-order valence-corrected chi connectivity index (χ1v) is 8.50. The minimum Gasteiger partial charge on any atom is -0.483 e. The van der Waals surface area contributed by atoms with E-state index in [2.05, 4.69) is 15.9 Å². The van der Waals surface area contributed by atoms with E-state index in [4.69, 9.17) is 4.74 Å². The first-order valence-electron chi connectivity index (χ1n) is 7.59. The van der Waals surface area contributed by atoms with Crippen molar-refractivity contribution < 1.29 is 9.66 Å². The zero-order valence-electron chi connectivity index (χ0n) is 12.2. The summed E-state index contributed by atoms with van der Waals surface area (Å²) < 4.78 is 6.09. The molecule has 21 heavy (non-hydrogen) atoms. The molecule has 0 N–H and O–H groups in total. The van der Waals surface area contributed by atoms with Gasteiger partial charge in [0.25, 0.3) is 0 Å². The number of hydrogen-bond acceptors (Lipinski definition) is 3. The second-order valence-corrected chi connectivity index (χ2v) is 7.44. The summed E-state index contributed by atoms with van der Waals surface area (Å²) in [6.07, 6.45) is 7.11. The van der Waals surface area contributed by atoms with E-state index in [0.29, 0.717) is 10.6 Å². The molecule has 2 fully saturated rings. The van der Waals surface area contributed by atoms with Gasteiger partial charge in [-0.05, 0) is 37.8 Å². The Hall–Kier alpha value is -1.10. The molecule has 0 saturated heterocycles. The normalized spacial score (nSPS) is 27.1. The number of benzene rings is 1. The van der Waals surface area contributed by atoms with Gasteiger partial charge in [0.05, 0.1) is 4.92 Å². The lowest BCUT2D eigenvalue weighted by Crippen LogP contribution is -2.57. The molecule has 2 atom stereocenters. The third-order valence-electron chi connectivity index (χ3n) is 5.05. The Bertz CT molecular complexity index is 554. The Morgan fingerprint density at radius 3 is 2.67 bits per heavy atom. The number of ether oxygens (including phenoxy) is 1. The lowest BCUT2D eigenvalue weighted by Gasteiger charge is -2.55. The van der Waals surface area contributed by atoms with Gasteiger partial charge in [0.15, 0.2) is 5.75 Å².